The molecule has 1 aromatic rings. The van der Waals surface area contributed by atoms with Gasteiger partial charge in [-0.05, 0) is 45.3 Å². The summed E-state index contributed by atoms with van der Waals surface area (Å²) in [7, 11) is 2.18. The summed E-state index contributed by atoms with van der Waals surface area (Å²) in [5.74, 6) is 0.866. The summed E-state index contributed by atoms with van der Waals surface area (Å²) in [4.78, 5) is 13.2. The minimum atomic E-state index is -0.306. The third-order valence-corrected chi connectivity index (χ3v) is 5.49. The molecule has 106 valence electrons. The van der Waals surface area contributed by atoms with E-state index in [4.69, 9.17) is 4.74 Å². The summed E-state index contributed by atoms with van der Waals surface area (Å²) in [6.07, 6.45) is 4.54. The Bertz CT molecular complexity index is 588. The van der Waals surface area contributed by atoms with Crippen LogP contribution in [-0.4, -0.2) is 35.6 Å². The summed E-state index contributed by atoms with van der Waals surface area (Å²) in [6.45, 7) is 1.05. The molecule has 2 heterocycles. The molecule has 0 aromatic heterocycles. The zero-order chi connectivity index (χ0) is 13.9. The van der Waals surface area contributed by atoms with E-state index in [1.165, 1.54) is 6.42 Å². The minimum Gasteiger partial charge on any atom is -0.489 e. The number of nitro benzene ring substituents is 1. The molecule has 3 aliphatic rings. The fraction of sp³-hybridized carbons (Fsp3) is 0.600. The second-order valence-electron chi connectivity index (χ2n) is 6.37. The van der Waals surface area contributed by atoms with Crippen LogP contribution >= 0.6 is 0 Å². The molecular formula is C15H18N2O3. The summed E-state index contributed by atoms with van der Waals surface area (Å²) in [5, 5.41) is 11.0. The van der Waals surface area contributed by atoms with Crippen molar-refractivity contribution >= 4 is 5.69 Å². The van der Waals surface area contributed by atoms with Crippen molar-refractivity contribution in [2.24, 2.45) is 0 Å². The molecule has 0 amide bonds. The van der Waals surface area contributed by atoms with Crippen LogP contribution in [0.25, 0.3) is 0 Å². The molecule has 3 atom stereocenters. The van der Waals surface area contributed by atoms with Crippen molar-refractivity contribution in [3.05, 3.63) is 33.9 Å². The van der Waals surface area contributed by atoms with E-state index in [0.29, 0.717) is 6.04 Å². The van der Waals surface area contributed by atoms with Gasteiger partial charge in [-0.1, -0.05) is 0 Å². The van der Waals surface area contributed by atoms with Crippen LogP contribution in [0.4, 0.5) is 5.69 Å². The van der Waals surface area contributed by atoms with E-state index in [-0.39, 0.29) is 22.1 Å². The molecule has 1 saturated carbocycles. The number of rotatable bonds is 1. The van der Waals surface area contributed by atoms with Gasteiger partial charge in [-0.15, -0.1) is 0 Å². The van der Waals surface area contributed by atoms with Gasteiger partial charge in [-0.25, -0.2) is 0 Å². The third kappa shape index (κ3) is 1.47. The number of ether oxygens (including phenoxy) is 1. The first-order chi connectivity index (χ1) is 9.60. The van der Waals surface area contributed by atoms with E-state index < -0.39 is 0 Å². The Morgan fingerprint density at radius 2 is 2.30 bits per heavy atom. The van der Waals surface area contributed by atoms with Crippen LogP contribution in [-0.2, 0) is 5.41 Å². The lowest BCUT2D eigenvalue weighted by molar-refractivity contribution is -0.385. The average Bonchev–Trinajstić information content (AvgIpc) is 2.76. The Morgan fingerprint density at radius 3 is 3.10 bits per heavy atom. The number of non-ortho nitro benzene ring substituents is 1. The van der Waals surface area contributed by atoms with Crippen molar-refractivity contribution in [2.45, 2.75) is 43.2 Å². The molecule has 0 unspecified atom stereocenters. The molecule has 0 radical (unpaired) electrons. The van der Waals surface area contributed by atoms with E-state index in [1.807, 2.05) is 0 Å². The smallest absolute Gasteiger partial charge is 0.269 e. The van der Waals surface area contributed by atoms with Gasteiger partial charge in [-0.2, -0.15) is 0 Å². The number of hydrogen-bond donors (Lipinski definition) is 0. The lowest BCUT2D eigenvalue weighted by atomic mass is 9.63. The molecule has 2 bridgehead atoms. The molecule has 0 N–H and O–H groups in total. The minimum absolute atomic E-state index is 0.0107. The van der Waals surface area contributed by atoms with Crippen LogP contribution < -0.4 is 4.74 Å². The predicted octanol–water partition coefficient (Wildman–Crippen LogP) is 2.48. The topological polar surface area (TPSA) is 55.6 Å². The van der Waals surface area contributed by atoms with Crippen LogP contribution in [0.5, 0.6) is 5.75 Å². The van der Waals surface area contributed by atoms with Gasteiger partial charge >= 0.3 is 0 Å². The van der Waals surface area contributed by atoms with Gasteiger partial charge in [-0.3, -0.25) is 10.1 Å². The molecule has 2 aliphatic heterocycles. The summed E-state index contributed by atoms with van der Waals surface area (Å²) >= 11 is 0. The van der Waals surface area contributed by atoms with E-state index >= 15 is 0 Å². The van der Waals surface area contributed by atoms with Crippen LogP contribution in [0, 0.1) is 10.1 Å². The van der Waals surface area contributed by atoms with Gasteiger partial charge in [0.1, 0.15) is 11.9 Å². The van der Waals surface area contributed by atoms with Gasteiger partial charge in [0.05, 0.1) is 4.92 Å². The largest absolute Gasteiger partial charge is 0.489 e. The normalized spacial score (nSPS) is 35.0. The quantitative estimate of drug-likeness (QED) is 0.583. The van der Waals surface area contributed by atoms with Crippen LogP contribution in [0.1, 0.15) is 31.2 Å². The van der Waals surface area contributed by atoms with Crippen molar-refractivity contribution in [1.29, 1.82) is 0 Å². The molecule has 1 aliphatic carbocycles. The van der Waals surface area contributed by atoms with Gasteiger partial charge in [0.15, 0.2) is 0 Å². The number of hydrogen-bond acceptors (Lipinski definition) is 4. The summed E-state index contributed by atoms with van der Waals surface area (Å²) in [6, 6.07) is 5.68. The fourth-order valence-electron chi connectivity index (χ4n) is 4.34. The van der Waals surface area contributed by atoms with Gasteiger partial charge in [0.2, 0.25) is 0 Å². The number of likely N-dealkylation sites (tertiary alicyclic amines) is 1. The Morgan fingerprint density at radius 1 is 1.45 bits per heavy atom. The van der Waals surface area contributed by atoms with Gasteiger partial charge in [0.25, 0.3) is 5.69 Å². The lowest BCUT2D eigenvalue weighted by Gasteiger charge is -2.49. The van der Waals surface area contributed by atoms with Gasteiger partial charge in [0, 0.05) is 29.2 Å². The maximum absolute atomic E-state index is 11.0. The molecule has 1 spiro atoms. The highest BCUT2D eigenvalue weighted by atomic mass is 16.6. The molecule has 5 heteroatoms. The van der Waals surface area contributed by atoms with Crippen molar-refractivity contribution in [3.8, 4) is 5.75 Å². The van der Waals surface area contributed by atoms with E-state index in [9.17, 15) is 10.1 Å². The first-order valence-corrected chi connectivity index (χ1v) is 7.26. The third-order valence-electron chi connectivity index (χ3n) is 5.49. The number of piperidine rings is 1. The van der Waals surface area contributed by atoms with Crippen molar-refractivity contribution in [3.63, 3.8) is 0 Å². The summed E-state index contributed by atoms with van der Waals surface area (Å²) < 4.78 is 6.12. The SMILES string of the molecule is CN1CC[C@@]23C[C@H]1CC[C@H]2Oc1ccc([N+](=O)[O-])cc13. The maximum Gasteiger partial charge on any atom is 0.269 e. The standard InChI is InChI=1S/C15H18N2O3/c1-16-7-6-15-9-11(16)3-5-14(15)20-13-4-2-10(17(18)19)8-12(13)15/h2,4,8,11,14H,3,5-7,9H2,1H3/t11-,14-,15+/m1/s1. The number of nitro groups is 1. The maximum atomic E-state index is 11.0. The van der Waals surface area contributed by atoms with Crippen molar-refractivity contribution in [1.82, 2.24) is 4.90 Å². The van der Waals surface area contributed by atoms with Gasteiger partial charge < -0.3 is 9.64 Å². The molecule has 4 rings (SSSR count). The molecule has 1 aromatic carbocycles. The monoisotopic (exact) mass is 274 g/mol. The molecule has 1 saturated heterocycles. The highest BCUT2D eigenvalue weighted by Crippen LogP contribution is 2.55. The molecular weight excluding hydrogens is 256 g/mol. The van der Waals surface area contributed by atoms with Crippen LogP contribution in [0.15, 0.2) is 18.2 Å². The first-order valence-electron chi connectivity index (χ1n) is 7.26. The number of benzene rings is 1. The predicted molar refractivity (Wildman–Crippen MR) is 74.1 cm³/mol. The zero-order valence-electron chi connectivity index (χ0n) is 11.5. The summed E-state index contributed by atoms with van der Waals surface area (Å²) in [5.41, 5.74) is 1.27. The Hall–Kier alpha value is -1.62. The number of nitrogens with zero attached hydrogens (tertiary/aromatic N) is 2. The van der Waals surface area contributed by atoms with Crippen LogP contribution in [0.2, 0.25) is 0 Å². The lowest BCUT2D eigenvalue weighted by Crippen LogP contribution is -2.55. The second kappa shape index (κ2) is 3.95. The fourth-order valence-corrected chi connectivity index (χ4v) is 4.34. The van der Waals surface area contributed by atoms with E-state index in [0.717, 1.165) is 37.1 Å². The highest BCUT2D eigenvalue weighted by molar-refractivity contribution is 5.52. The molecule has 5 nitrogen and oxygen atoms in total. The first kappa shape index (κ1) is 12.1. The van der Waals surface area contributed by atoms with E-state index in [1.54, 1.807) is 18.2 Å². The van der Waals surface area contributed by atoms with E-state index in [2.05, 4.69) is 11.9 Å². The van der Waals surface area contributed by atoms with Crippen molar-refractivity contribution in [2.75, 3.05) is 13.6 Å². The number of fused-ring (bicyclic) bond motifs is 2. The zero-order valence-corrected chi connectivity index (χ0v) is 11.5. The Kier molecular flexibility index (Phi) is 2.40. The highest BCUT2D eigenvalue weighted by Gasteiger charge is 2.55. The molecule has 20 heavy (non-hydrogen) atoms. The second-order valence-corrected chi connectivity index (χ2v) is 6.37. The van der Waals surface area contributed by atoms with Crippen LogP contribution in [0.3, 0.4) is 0 Å². The Balaban J connectivity index is 1.82. The molecule has 2 fully saturated rings. The van der Waals surface area contributed by atoms with Crippen molar-refractivity contribution < 1.29 is 9.66 Å². The Labute approximate surface area is 117 Å². The average molecular weight is 274 g/mol.